The van der Waals surface area contributed by atoms with E-state index in [2.05, 4.69) is 48.1 Å². The van der Waals surface area contributed by atoms with E-state index in [1.807, 2.05) is 48.7 Å². The molecule has 2 saturated carbocycles. The summed E-state index contributed by atoms with van der Waals surface area (Å²) in [6.07, 6.45) is 6.15. The Bertz CT molecular complexity index is 2670. The summed E-state index contributed by atoms with van der Waals surface area (Å²) in [5.41, 5.74) is 9.03. The third-order valence-electron chi connectivity index (χ3n) is 10.8. The van der Waals surface area contributed by atoms with Crippen molar-refractivity contribution in [1.82, 2.24) is 34.5 Å². The number of ether oxygens (including phenoxy) is 1. The summed E-state index contributed by atoms with van der Waals surface area (Å²) in [5, 5.41) is 20.8. The Labute approximate surface area is 375 Å². The Kier molecular flexibility index (Phi) is 13.2. The van der Waals surface area contributed by atoms with Gasteiger partial charge in [0, 0.05) is 67.2 Å². The lowest BCUT2D eigenvalue weighted by Gasteiger charge is -2.38. The Balaban J connectivity index is 0.000000190. The largest absolute Gasteiger partial charge is 0.444 e. The van der Waals surface area contributed by atoms with E-state index in [0.29, 0.717) is 36.2 Å². The number of Topliss-reactive ketones (excluding diaryl/α,β-unsaturated/α-hetero) is 2. The number of nitrogens with two attached hydrogens (primary N) is 1. The summed E-state index contributed by atoms with van der Waals surface area (Å²) in [6.45, 7) is 5.11. The minimum atomic E-state index is -3.08. The van der Waals surface area contributed by atoms with Gasteiger partial charge in [0.05, 0.1) is 37.9 Å². The van der Waals surface area contributed by atoms with Crippen LogP contribution in [-0.2, 0) is 4.74 Å². The molecule has 4 atom stereocenters. The van der Waals surface area contributed by atoms with E-state index in [1.54, 1.807) is 48.4 Å². The van der Waals surface area contributed by atoms with Crippen LogP contribution in [0.25, 0.3) is 33.5 Å². The minimum absolute atomic E-state index is 0.0513. The first-order valence-corrected chi connectivity index (χ1v) is 22.6. The molecule has 2 fully saturated rings. The average molecular weight is 1000 g/mol. The van der Waals surface area contributed by atoms with Crippen molar-refractivity contribution in [3.05, 3.63) is 79.0 Å². The molecule has 0 radical (unpaired) electrons. The SMILES string of the molecule is CC(C)(C)OC(=O)N[C@@H]1CCCC(F)(F)C1CC(=O)c1nc(-c2cnn3ccccc23)c(I)s1.N#Cc1sc(C(=O)CC2[C@H](N)CCCC2(F)F)nc1-c1cnn2ccccc12. The number of hydrogen-bond acceptors (Lipinski definition) is 12. The van der Waals surface area contributed by atoms with Crippen molar-refractivity contribution in [3.8, 4) is 28.6 Å². The fourth-order valence-electron chi connectivity index (χ4n) is 7.83. The summed E-state index contributed by atoms with van der Waals surface area (Å²) in [6, 6.07) is 11.6. The van der Waals surface area contributed by atoms with Crippen molar-refractivity contribution in [1.29, 1.82) is 5.26 Å². The first kappa shape index (κ1) is 45.2. The Morgan fingerprint density at radius 3 is 1.98 bits per heavy atom. The molecule has 8 rings (SSSR count). The second-order valence-corrected chi connectivity index (χ2v) is 20.1. The van der Waals surface area contributed by atoms with E-state index in [1.165, 1.54) is 11.3 Å². The maximum absolute atomic E-state index is 14.9. The number of carbonyl (C=O) groups is 3. The minimum Gasteiger partial charge on any atom is -0.444 e. The van der Waals surface area contributed by atoms with E-state index >= 15 is 0 Å². The number of alkyl carbamates (subject to hydrolysis) is 1. The smallest absolute Gasteiger partial charge is 0.407 e. The van der Waals surface area contributed by atoms with Crippen molar-refractivity contribution in [3.63, 3.8) is 0 Å². The van der Waals surface area contributed by atoms with Gasteiger partial charge in [-0.15, -0.1) is 11.3 Å². The van der Waals surface area contributed by atoms with Crippen LogP contribution >= 0.6 is 45.3 Å². The molecule has 13 nitrogen and oxygen atoms in total. The zero-order valence-corrected chi connectivity index (χ0v) is 37.6. The number of nitriles is 1. The predicted octanol–water partition coefficient (Wildman–Crippen LogP) is 9.63. The first-order valence-electron chi connectivity index (χ1n) is 19.8. The number of carbonyl (C=O) groups excluding carboxylic acids is 3. The van der Waals surface area contributed by atoms with Crippen LogP contribution in [0.1, 0.15) is 96.6 Å². The Morgan fingerprint density at radius 2 is 1.40 bits per heavy atom. The van der Waals surface area contributed by atoms with Crippen molar-refractivity contribution in [2.24, 2.45) is 17.6 Å². The molecule has 0 aromatic carbocycles. The quantitative estimate of drug-likeness (QED) is 0.0804. The molecule has 0 saturated heterocycles. The average Bonchev–Trinajstić information content (AvgIpc) is 4.01. The van der Waals surface area contributed by atoms with Gasteiger partial charge in [0.15, 0.2) is 21.6 Å². The number of hydrogen-bond donors (Lipinski definition) is 2. The van der Waals surface area contributed by atoms with Gasteiger partial charge in [0.25, 0.3) is 11.8 Å². The second-order valence-electron chi connectivity index (χ2n) is 16.3. The lowest BCUT2D eigenvalue weighted by molar-refractivity contribution is -0.0973. The zero-order chi connectivity index (χ0) is 44.6. The van der Waals surface area contributed by atoms with Crippen LogP contribution < -0.4 is 11.1 Å². The topological polar surface area (TPSA) is 183 Å². The first-order chi connectivity index (χ1) is 29.3. The number of alkyl halides is 4. The molecule has 0 spiro atoms. The molecule has 6 heterocycles. The summed E-state index contributed by atoms with van der Waals surface area (Å²) in [5.74, 6) is -9.55. The normalized spacial score (nSPS) is 20.8. The number of amides is 1. The molecule has 326 valence electrons. The Hall–Kier alpha value is -4.85. The number of pyridine rings is 2. The van der Waals surface area contributed by atoms with Gasteiger partial charge >= 0.3 is 6.09 Å². The zero-order valence-electron chi connectivity index (χ0n) is 33.8. The molecule has 3 N–H and O–H groups in total. The molecular weight excluding hydrogens is 962 g/mol. The van der Waals surface area contributed by atoms with Gasteiger partial charge < -0.3 is 15.8 Å². The van der Waals surface area contributed by atoms with E-state index < -0.39 is 65.4 Å². The molecule has 2 unspecified atom stereocenters. The predicted molar refractivity (Wildman–Crippen MR) is 234 cm³/mol. The van der Waals surface area contributed by atoms with Crippen molar-refractivity contribution in [2.75, 3.05) is 0 Å². The molecule has 0 aliphatic heterocycles. The highest BCUT2D eigenvalue weighted by atomic mass is 127. The third kappa shape index (κ3) is 9.85. The third-order valence-corrected chi connectivity index (χ3v) is 13.9. The van der Waals surface area contributed by atoms with Gasteiger partial charge in [-0.3, -0.25) is 9.59 Å². The molecule has 2 aliphatic rings. The molecule has 0 bridgehead atoms. The van der Waals surface area contributed by atoms with Gasteiger partial charge in [-0.25, -0.2) is 41.4 Å². The number of ketones is 2. The highest BCUT2D eigenvalue weighted by Crippen LogP contribution is 2.43. The summed E-state index contributed by atoms with van der Waals surface area (Å²) in [7, 11) is 0. The van der Waals surface area contributed by atoms with Gasteiger partial charge in [-0.1, -0.05) is 23.5 Å². The lowest BCUT2D eigenvalue weighted by Crippen LogP contribution is -2.52. The summed E-state index contributed by atoms with van der Waals surface area (Å²) < 4.78 is 67.6. The summed E-state index contributed by atoms with van der Waals surface area (Å²) in [4.78, 5) is 47.1. The number of aromatic nitrogens is 6. The van der Waals surface area contributed by atoms with E-state index in [4.69, 9.17) is 10.5 Å². The maximum atomic E-state index is 14.9. The fraction of sp³-hybridized carbons (Fsp3) is 0.429. The van der Waals surface area contributed by atoms with Gasteiger partial charge in [0.2, 0.25) is 0 Å². The molecule has 6 aromatic rings. The number of halogens is 5. The number of rotatable bonds is 9. The van der Waals surface area contributed by atoms with Crippen LogP contribution in [0.5, 0.6) is 0 Å². The van der Waals surface area contributed by atoms with E-state index in [-0.39, 0.29) is 40.6 Å². The molecule has 62 heavy (non-hydrogen) atoms. The highest BCUT2D eigenvalue weighted by Gasteiger charge is 2.49. The monoisotopic (exact) mass is 1000 g/mol. The van der Waals surface area contributed by atoms with Crippen LogP contribution in [0.15, 0.2) is 61.2 Å². The van der Waals surface area contributed by atoms with E-state index in [9.17, 15) is 37.2 Å². The van der Waals surface area contributed by atoms with Gasteiger partial charge in [-0.2, -0.15) is 15.5 Å². The molecule has 1 amide bonds. The van der Waals surface area contributed by atoms with Crippen LogP contribution in [0, 0.1) is 26.1 Å². The Morgan fingerprint density at radius 1 is 0.871 bits per heavy atom. The van der Waals surface area contributed by atoms with Crippen LogP contribution in [0.3, 0.4) is 0 Å². The van der Waals surface area contributed by atoms with E-state index in [0.717, 1.165) is 30.8 Å². The van der Waals surface area contributed by atoms with Gasteiger partial charge in [-0.05, 0) is 93.3 Å². The van der Waals surface area contributed by atoms with Crippen LogP contribution in [0.2, 0.25) is 0 Å². The molecule has 6 aromatic heterocycles. The van der Waals surface area contributed by atoms with Crippen LogP contribution in [-0.4, -0.2) is 76.4 Å². The van der Waals surface area contributed by atoms with Crippen molar-refractivity contribution < 1.29 is 36.7 Å². The van der Waals surface area contributed by atoms with Gasteiger partial charge in [0.1, 0.15) is 22.2 Å². The number of fused-ring (bicyclic) bond motifs is 2. The lowest BCUT2D eigenvalue weighted by atomic mass is 9.78. The van der Waals surface area contributed by atoms with Crippen molar-refractivity contribution in [2.45, 2.75) is 102 Å². The van der Waals surface area contributed by atoms with Crippen molar-refractivity contribution >= 4 is 74.0 Å². The molecular formula is C42H42F4IN9O4S2. The number of nitrogens with zero attached hydrogens (tertiary/aromatic N) is 7. The second kappa shape index (κ2) is 18.1. The number of nitrogens with one attached hydrogen (secondary N) is 1. The number of thiazole rings is 2. The standard InChI is InChI=1S/C23H25F2IN4O3S.C19H17F2N5OS/c1-22(2,3)33-21(32)28-15-7-6-9-23(24,25)14(15)11-17(31)20-29-18(19(26)34-20)13-12-27-30-10-5-4-8-16(13)30;20-19(21)6-3-4-13(23)12(19)8-15(27)18-25-17(16(9-22)28-18)11-10-24-26-7-2-1-5-14(11)26/h4-5,8,10,12,14-15H,6-7,9,11H2,1-3H3,(H,28,32);1-2,5,7,10,12-13H,3-4,6,8,23H2/t14?,15-;12?,13-/m11/s1. The fourth-order valence-corrected chi connectivity index (χ4v) is 10.4. The van der Waals surface area contributed by atoms with Crippen LogP contribution in [0.4, 0.5) is 22.4 Å². The molecule has 20 heteroatoms. The highest BCUT2D eigenvalue weighted by molar-refractivity contribution is 14.1. The molecule has 2 aliphatic carbocycles. The maximum Gasteiger partial charge on any atom is 0.407 e. The summed E-state index contributed by atoms with van der Waals surface area (Å²) >= 11 is 4.20.